The Hall–Kier alpha value is -2.20. The van der Waals surface area contributed by atoms with Gasteiger partial charge < -0.3 is 4.90 Å². The molecule has 0 aliphatic rings. The Morgan fingerprint density at radius 3 is 1.86 bits per heavy atom. The van der Waals surface area contributed by atoms with E-state index in [-0.39, 0.29) is 5.43 Å². The molecule has 3 rings (SSSR count). The maximum Gasteiger partial charge on any atom is 0.197 e. The first-order chi connectivity index (χ1) is 10.7. The number of fused-ring (bicyclic) bond motifs is 2. The highest BCUT2D eigenvalue weighted by atomic mass is 32.1. The predicted octanol–water partition coefficient (Wildman–Crippen LogP) is 3.63. The van der Waals surface area contributed by atoms with E-state index in [0.29, 0.717) is 10.8 Å². The average Bonchev–Trinajstić information content (AvgIpc) is 2.56. The molecule has 112 valence electrons. The molecule has 0 saturated carbocycles. The molecule has 0 amide bonds. The normalized spacial score (nSPS) is 11.0. The number of aromatic nitrogens is 1. The van der Waals surface area contributed by atoms with Gasteiger partial charge in [-0.1, -0.05) is 24.3 Å². The van der Waals surface area contributed by atoms with E-state index in [1.165, 1.54) is 0 Å². The van der Waals surface area contributed by atoms with Crippen LogP contribution in [-0.2, 0) is 0 Å². The zero-order valence-electron chi connectivity index (χ0n) is 12.7. The van der Waals surface area contributed by atoms with Crippen LogP contribution in [0.1, 0.15) is 13.8 Å². The number of hydrogen-bond acceptors (Lipinski definition) is 2. The van der Waals surface area contributed by atoms with Crippen LogP contribution < -0.4 is 5.43 Å². The summed E-state index contributed by atoms with van der Waals surface area (Å²) in [5, 5.41) is 2.14. The van der Waals surface area contributed by atoms with Gasteiger partial charge in [0.05, 0.1) is 11.0 Å². The second-order valence-electron chi connectivity index (χ2n) is 5.15. The highest BCUT2D eigenvalue weighted by Gasteiger charge is 2.15. The van der Waals surface area contributed by atoms with Crippen LogP contribution in [0.3, 0.4) is 0 Å². The summed E-state index contributed by atoms with van der Waals surface area (Å²) in [6, 6.07) is 15.3. The van der Waals surface area contributed by atoms with Crippen molar-refractivity contribution in [1.29, 1.82) is 0 Å². The van der Waals surface area contributed by atoms with E-state index in [0.717, 1.165) is 29.2 Å². The van der Waals surface area contributed by atoms with Crippen molar-refractivity contribution >= 4 is 39.1 Å². The van der Waals surface area contributed by atoms with Gasteiger partial charge in [-0.25, -0.2) is 0 Å². The Morgan fingerprint density at radius 2 is 1.41 bits per heavy atom. The zero-order chi connectivity index (χ0) is 15.7. The monoisotopic (exact) mass is 310 g/mol. The Balaban J connectivity index is 2.47. The molecule has 0 aliphatic heterocycles. The summed E-state index contributed by atoms with van der Waals surface area (Å²) in [6.07, 6.45) is 0. The van der Waals surface area contributed by atoms with Gasteiger partial charge in [0.15, 0.2) is 10.5 Å². The largest absolute Gasteiger partial charge is 0.349 e. The molecule has 0 aliphatic carbocycles. The van der Waals surface area contributed by atoms with Crippen molar-refractivity contribution < 1.29 is 0 Å². The first-order valence-corrected chi connectivity index (χ1v) is 7.91. The molecule has 2 aromatic carbocycles. The minimum Gasteiger partial charge on any atom is -0.349 e. The first-order valence-electron chi connectivity index (χ1n) is 7.50. The van der Waals surface area contributed by atoms with E-state index < -0.39 is 0 Å². The molecule has 4 heteroatoms. The van der Waals surface area contributed by atoms with E-state index in [4.69, 9.17) is 12.2 Å². The maximum atomic E-state index is 12.7. The molecule has 0 fully saturated rings. The van der Waals surface area contributed by atoms with Crippen LogP contribution in [0, 0.1) is 0 Å². The third kappa shape index (κ3) is 2.20. The highest BCUT2D eigenvalue weighted by molar-refractivity contribution is 7.80. The van der Waals surface area contributed by atoms with Gasteiger partial charge in [0.2, 0.25) is 0 Å². The van der Waals surface area contributed by atoms with Crippen LogP contribution in [0.4, 0.5) is 0 Å². The fraction of sp³-hybridized carbons (Fsp3) is 0.222. The molecule has 1 aromatic heterocycles. The molecule has 0 unspecified atom stereocenters. The molecule has 0 saturated heterocycles. The number of rotatable bonds is 2. The molecule has 22 heavy (non-hydrogen) atoms. The summed E-state index contributed by atoms with van der Waals surface area (Å²) >= 11 is 5.73. The Bertz CT molecular complexity index is 850. The minimum absolute atomic E-state index is 0.0600. The van der Waals surface area contributed by atoms with Gasteiger partial charge in [0.25, 0.3) is 0 Å². The summed E-state index contributed by atoms with van der Waals surface area (Å²) in [6.45, 7) is 5.85. The first kappa shape index (κ1) is 14.7. The molecule has 0 atom stereocenters. The fourth-order valence-corrected chi connectivity index (χ4v) is 3.29. The van der Waals surface area contributed by atoms with E-state index >= 15 is 0 Å². The number of pyridine rings is 1. The molecular weight excluding hydrogens is 292 g/mol. The van der Waals surface area contributed by atoms with Crippen molar-refractivity contribution in [2.24, 2.45) is 0 Å². The van der Waals surface area contributed by atoms with Gasteiger partial charge in [-0.15, -0.1) is 0 Å². The minimum atomic E-state index is 0.0600. The Kier molecular flexibility index (Phi) is 3.94. The average molecular weight is 310 g/mol. The van der Waals surface area contributed by atoms with Gasteiger partial charge in [-0.05, 0) is 50.3 Å². The van der Waals surface area contributed by atoms with Crippen LogP contribution in [0.15, 0.2) is 53.3 Å². The van der Waals surface area contributed by atoms with E-state index in [1.54, 1.807) is 0 Å². The van der Waals surface area contributed by atoms with Crippen molar-refractivity contribution in [3.05, 3.63) is 58.8 Å². The van der Waals surface area contributed by atoms with Crippen molar-refractivity contribution in [1.82, 2.24) is 9.47 Å². The maximum absolute atomic E-state index is 12.7. The smallest absolute Gasteiger partial charge is 0.197 e. The second kappa shape index (κ2) is 5.89. The van der Waals surface area contributed by atoms with Crippen LogP contribution in [0.2, 0.25) is 0 Å². The molecular formula is C18H18N2OS. The Labute approximate surface area is 134 Å². The molecule has 1 heterocycles. The number of benzene rings is 2. The highest BCUT2D eigenvalue weighted by Crippen LogP contribution is 2.20. The number of hydrogen-bond donors (Lipinski definition) is 0. The predicted molar refractivity (Wildman–Crippen MR) is 96.6 cm³/mol. The summed E-state index contributed by atoms with van der Waals surface area (Å²) in [4.78, 5) is 14.8. The van der Waals surface area contributed by atoms with Gasteiger partial charge >= 0.3 is 0 Å². The van der Waals surface area contributed by atoms with Crippen molar-refractivity contribution in [2.75, 3.05) is 13.1 Å². The lowest BCUT2D eigenvalue weighted by Gasteiger charge is -2.25. The summed E-state index contributed by atoms with van der Waals surface area (Å²) in [5.41, 5.74) is 1.79. The number of para-hydroxylation sites is 2. The summed E-state index contributed by atoms with van der Waals surface area (Å²) in [5.74, 6) is 0. The fourth-order valence-electron chi connectivity index (χ4n) is 2.84. The van der Waals surface area contributed by atoms with Crippen LogP contribution in [-0.4, -0.2) is 27.7 Å². The lowest BCUT2D eigenvalue weighted by Crippen LogP contribution is -2.35. The van der Waals surface area contributed by atoms with Crippen LogP contribution in [0.5, 0.6) is 0 Å². The molecule has 0 radical (unpaired) electrons. The second-order valence-corrected chi connectivity index (χ2v) is 5.52. The third-order valence-corrected chi connectivity index (χ3v) is 4.45. The lowest BCUT2D eigenvalue weighted by molar-refractivity contribution is 0.462. The van der Waals surface area contributed by atoms with Crippen molar-refractivity contribution in [2.45, 2.75) is 13.8 Å². The SMILES string of the molecule is CCN(CC)C(=S)n1c2ccccc2c(=O)c2ccccc21. The van der Waals surface area contributed by atoms with Crippen molar-refractivity contribution in [3.8, 4) is 0 Å². The molecule has 0 spiro atoms. The molecule has 0 bridgehead atoms. The van der Waals surface area contributed by atoms with E-state index in [2.05, 4.69) is 18.7 Å². The molecule has 3 nitrogen and oxygen atoms in total. The van der Waals surface area contributed by atoms with Gasteiger partial charge in [-0.2, -0.15) is 0 Å². The number of nitrogens with zero attached hydrogens (tertiary/aromatic N) is 2. The van der Waals surface area contributed by atoms with Crippen LogP contribution in [0.25, 0.3) is 21.8 Å². The van der Waals surface area contributed by atoms with Gasteiger partial charge in [-0.3, -0.25) is 9.36 Å². The van der Waals surface area contributed by atoms with Crippen molar-refractivity contribution in [3.63, 3.8) is 0 Å². The van der Waals surface area contributed by atoms with Gasteiger partial charge in [0.1, 0.15) is 0 Å². The molecule has 3 aromatic rings. The zero-order valence-corrected chi connectivity index (χ0v) is 13.6. The van der Waals surface area contributed by atoms with Crippen LogP contribution >= 0.6 is 12.2 Å². The summed E-state index contributed by atoms with van der Waals surface area (Å²) < 4.78 is 2.02. The number of thiocarbonyl (C=S) groups is 1. The Morgan fingerprint density at radius 1 is 0.955 bits per heavy atom. The molecule has 0 N–H and O–H groups in total. The lowest BCUT2D eigenvalue weighted by atomic mass is 10.1. The van der Waals surface area contributed by atoms with Gasteiger partial charge in [0, 0.05) is 23.9 Å². The quantitative estimate of drug-likeness (QED) is 0.534. The topological polar surface area (TPSA) is 25.2 Å². The third-order valence-electron chi connectivity index (χ3n) is 4.00. The standard InChI is InChI=1S/C18H18N2OS/c1-3-19(4-2)18(22)20-15-11-7-5-9-13(15)17(21)14-10-6-8-12-16(14)20/h5-12H,3-4H2,1-2H3. The van der Waals surface area contributed by atoms with E-state index in [1.807, 2.05) is 53.1 Å². The van der Waals surface area contributed by atoms with E-state index in [9.17, 15) is 4.79 Å². The summed E-state index contributed by atoms with van der Waals surface area (Å²) in [7, 11) is 0.